The van der Waals surface area contributed by atoms with Gasteiger partial charge in [-0.2, -0.15) is 5.10 Å². The van der Waals surface area contributed by atoms with E-state index in [-0.39, 0.29) is 23.8 Å². The number of hydrogen-bond donors (Lipinski definition) is 3. The molecule has 4 N–H and O–H groups in total. The van der Waals surface area contributed by atoms with Gasteiger partial charge in [0.15, 0.2) is 5.11 Å². The summed E-state index contributed by atoms with van der Waals surface area (Å²) in [5.74, 6) is 5.09. The van der Waals surface area contributed by atoms with Crippen LogP contribution in [0.25, 0.3) is 0 Å². The molecule has 29 heavy (non-hydrogen) atoms. The fourth-order valence-corrected chi connectivity index (χ4v) is 3.15. The Morgan fingerprint density at radius 1 is 1.45 bits per heavy atom. The Labute approximate surface area is 170 Å². The maximum absolute atomic E-state index is 14.6. The van der Waals surface area contributed by atoms with Gasteiger partial charge in [-0.25, -0.2) is 24.3 Å². The second kappa shape index (κ2) is 8.64. The van der Waals surface area contributed by atoms with Gasteiger partial charge in [-0.15, -0.1) is 0 Å². The molecule has 154 valence electrons. The monoisotopic (exact) mass is 422 g/mol. The lowest BCUT2D eigenvalue weighted by molar-refractivity contribution is -0.0465. The highest BCUT2D eigenvalue weighted by atomic mass is 32.1. The number of furan rings is 1. The molecule has 0 amide bonds. The molecule has 11 heteroatoms. The number of nitrogens with zero attached hydrogens (tertiary/aromatic N) is 4. The van der Waals surface area contributed by atoms with Crippen molar-refractivity contribution >= 4 is 17.3 Å². The molecule has 8 nitrogen and oxygen atoms in total. The minimum absolute atomic E-state index is 0.105. The molecule has 3 aromatic rings. The Balaban J connectivity index is 1.86. The van der Waals surface area contributed by atoms with Crippen molar-refractivity contribution in [2.24, 2.45) is 5.84 Å². The zero-order chi connectivity index (χ0) is 21.0. The molecule has 1 aromatic carbocycles. The minimum Gasteiger partial charge on any atom is -0.467 e. The summed E-state index contributed by atoms with van der Waals surface area (Å²) in [5, 5.41) is 19.6. The predicted octanol–water partition coefficient (Wildman–Crippen LogP) is 1.68. The highest BCUT2D eigenvalue weighted by Crippen LogP contribution is 2.32. The first-order chi connectivity index (χ1) is 13.8. The van der Waals surface area contributed by atoms with E-state index < -0.39 is 23.3 Å². The largest absolute Gasteiger partial charge is 0.467 e. The van der Waals surface area contributed by atoms with Gasteiger partial charge in [-0.05, 0) is 37.3 Å². The minimum atomic E-state index is -1.91. The molecule has 2 atom stereocenters. The van der Waals surface area contributed by atoms with E-state index in [9.17, 15) is 13.9 Å². The highest BCUT2D eigenvalue weighted by molar-refractivity contribution is 7.80. The number of aromatic nitrogens is 3. The van der Waals surface area contributed by atoms with Gasteiger partial charge in [0, 0.05) is 11.6 Å². The second-order valence-corrected chi connectivity index (χ2v) is 6.85. The molecule has 0 saturated heterocycles. The smallest absolute Gasteiger partial charge is 0.184 e. The highest BCUT2D eigenvalue weighted by Gasteiger charge is 2.42. The van der Waals surface area contributed by atoms with E-state index >= 15 is 0 Å². The van der Waals surface area contributed by atoms with Crippen LogP contribution in [0.15, 0.2) is 53.7 Å². The van der Waals surface area contributed by atoms with Gasteiger partial charge in [0.25, 0.3) is 0 Å². The van der Waals surface area contributed by atoms with Gasteiger partial charge in [0.1, 0.15) is 35.7 Å². The standard InChI is InChI=1S/C18H20F2N6O2S/c1-12(26(21)17(29)23-8-14-3-2-6-28-14)18(27,9-25-11-22-10-24-25)15-5-4-13(19)7-16(15)20/h2-7,10-12,27H,8-9,21H2,1H3,(H,23,29). The van der Waals surface area contributed by atoms with E-state index in [0.717, 1.165) is 11.1 Å². The average Bonchev–Trinajstić information content (AvgIpc) is 3.38. The van der Waals surface area contributed by atoms with E-state index in [1.165, 1.54) is 29.7 Å². The molecule has 3 rings (SSSR count). The molecule has 0 bridgehead atoms. The van der Waals surface area contributed by atoms with Crippen molar-refractivity contribution < 1.29 is 18.3 Å². The van der Waals surface area contributed by atoms with E-state index in [4.69, 9.17) is 22.5 Å². The Hall–Kier alpha value is -2.89. The number of aliphatic hydroxyl groups is 1. The van der Waals surface area contributed by atoms with Gasteiger partial charge in [0.05, 0.1) is 25.4 Å². The first-order valence-electron chi connectivity index (χ1n) is 8.65. The molecular formula is C18H20F2N6O2S. The average molecular weight is 422 g/mol. The van der Waals surface area contributed by atoms with Crippen LogP contribution in [0.1, 0.15) is 18.2 Å². The third kappa shape index (κ3) is 4.58. The van der Waals surface area contributed by atoms with Crippen molar-refractivity contribution in [1.29, 1.82) is 0 Å². The molecule has 0 spiro atoms. The Kier molecular flexibility index (Phi) is 6.20. The number of nitrogens with one attached hydrogen (secondary N) is 1. The molecule has 0 saturated carbocycles. The molecule has 0 fully saturated rings. The van der Waals surface area contributed by atoms with E-state index in [0.29, 0.717) is 11.8 Å². The quantitative estimate of drug-likeness (QED) is 0.300. The number of benzene rings is 1. The SMILES string of the molecule is CC(N(N)C(=S)NCc1ccco1)C(O)(Cn1cncn1)c1ccc(F)cc1F. The summed E-state index contributed by atoms with van der Waals surface area (Å²) in [6.07, 6.45) is 4.17. The maximum Gasteiger partial charge on any atom is 0.184 e. The number of rotatable bonds is 7. The summed E-state index contributed by atoms with van der Waals surface area (Å²) in [7, 11) is 0. The fraction of sp³-hybridized carbons (Fsp3) is 0.278. The lowest BCUT2D eigenvalue weighted by atomic mass is 9.86. The van der Waals surface area contributed by atoms with Crippen molar-refractivity contribution in [3.8, 4) is 0 Å². The van der Waals surface area contributed by atoms with Crippen molar-refractivity contribution in [3.05, 3.63) is 72.2 Å². The Morgan fingerprint density at radius 2 is 2.24 bits per heavy atom. The molecular weight excluding hydrogens is 402 g/mol. The van der Waals surface area contributed by atoms with Gasteiger partial charge in [-0.1, -0.05) is 6.07 Å². The van der Waals surface area contributed by atoms with E-state index in [1.807, 2.05) is 0 Å². The number of hydrogen-bond acceptors (Lipinski definition) is 6. The number of thiocarbonyl (C=S) groups is 1. The van der Waals surface area contributed by atoms with Crippen molar-refractivity contribution in [1.82, 2.24) is 25.1 Å². The first kappa shape index (κ1) is 20.8. The molecule has 2 unspecified atom stereocenters. The first-order valence-corrected chi connectivity index (χ1v) is 9.06. The van der Waals surface area contributed by atoms with Crippen LogP contribution in [-0.2, 0) is 18.7 Å². The predicted molar refractivity (Wildman–Crippen MR) is 104 cm³/mol. The molecule has 0 aliphatic carbocycles. The summed E-state index contributed by atoms with van der Waals surface area (Å²) in [5.41, 5.74) is -2.05. The van der Waals surface area contributed by atoms with Crippen LogP contribution in [0.2, 0.25) is 0 Å². The molecule has 0 aliphatic rings. The summed E-state index contributed by atoms with van der Waals surface area (Å²) < 4.78 is 34.5. The van der Waals surface area contributed by atoms with Gasteiger partial charge in [-0.3, -0.25) is 5.01 Å². The normalized spacial score (nSPS) is 14.2. The number of nitrogens with two attached hydrogens (primary N) is 1. The van der Waals surface area contributed by atoms with Crippen molar-refractivity contribution in [2.45, 2.75) is 31.7 Å². The summed E-state index contributed by atoms with van der Waals surface area (Å²) in [4.78, 5) is 3.83. The lowest BCUT2D eigenvalue weighted by Crippen LogP contribution is -2.58. The van der Waals surface area contributed by atoms with Crippen LogP contribution < -0.4 is 11.2 Å². The Bertz CT molecular complexity index is 953. The van der Waals surface area contributed by atoms with Gasteiger partial charge < -0.3 is 14.8 Å². The Morgan fingerprint density at radius 3 is 2.86 bits per heavy atom. The molecule has 2 aromatic heterocycles. The maximum atomic E-state index is 14.6. The van der Waals surface area contributed by atoms with Gasteiger partial charge in [0.2, 0.25) is 0 Å². The summed E-state index contributed by atoms with van der Waals surface area (Å²) in [6, 6.07) is 5.49. The third-order valence-corrected chi connectivity index (χ3v) is 4.96. The lowest BCUT2D eigenvalue weighted by Gasteiger charge is -2.40. The number of halogens is 2. The van der Waals surface area contributed by atoms with Crippen LogP contribution in [0, 0.1) is 11.6 Å². The topological polar surface area (TPSA) is 105 Å². The third-order valence-electron chi connectivity index (χ3n) is 4.60. The zero-order valence-corrected chi connectivity index (χ0v) is 16.3. The van der Waals surface area contributed by atoms with E-state index in [1.54, 1.807) is 19.1 Å². The van der Waals surface area contributed by atoms with Crippen LogP contribution >= 0.6 is 12.2 Å². The molecule has 0 aliphatic heterocycles. The zero-order valence-electron chi connectivity index (χ0n) is 15.5. The van der Waals surface area contributed by atoms with Crippen molar-refractivity contribution in [3.63, 3.8) is 0 Å². The number of hydrazine groups is 1. The van der Waals surface area contributed by atoms with Crippen LogP contribution in [0.3, 0.4) is 0 Å². The summed E-state index contributed by atoms with van der Waals surface area (Å²) in [6.45, 7) is 1.66. The second-order valence-electron chi connectivity index (χ2n) is 6.46. The van der Waals surface area contributed by atoms with Crippen LogP contribution in [-0.4, -0.2) is 36.0 Å². The summed E-state index contributed by atoms with van der Waals surface area (Å²) >= 11 is 5.29. The van der Waals surface area contributed by atoms with Crippen LogP contribution in [0.5, 0.6) is 0 Å². The molecule has 2 heterocycles. The fourth-order valence-electron chi connectivity index (χ4n) is 2.92. The molecule has 0 radical (unpaired) electrons. The van der Waals surface area contributed by atoms with E-state index in [2.05, 4.69) is 15.4 Å². The van der Waals surface area contributed by atoms with Crippen molar-refractivity contribution in [2.75, 3.05) is 0 Å². The van der Waals surface area contributed by atoms with Gasteiger partial charge >= 0.3 is 0 Å². The van der Waals surface area contributed by atoms with Crippen LogP contribution in [0.4, 0.5) is 8.78 Å².